The molecule has 0 radical (unpaired) electrons. The van der Waals surface area contributed by atoms with Crippen molar-refractivity contribution in [1.29, 1.82) is 0 Å². The summed E-state index contributed by atoms with van der Waals surface area (Å²) >= 11 is 6.08. The summed E-state index contributed by atoms with van der Waals surface area (Å²) in [5, 5.41) is 6.71. The first-order chi connectivity index (χ1) is 10.3. The van der Waals surface area contributed by atoms with Crippen molar-refractivity contribution in [3.05, 3.63) is 46.1 Å². The van der Waals surface area contributed by atoms with Crippen LogP contribution in [0, 0.1) is 19.7 Å². The van der Waals surface area contributed by atoms with E-state index in [0.29, 0.717) is 17.1 Å². The zero-order valence-corrected chi connectivity index (χ0v) is 13.5. The summed E-state index contributed by atoms with van der Waals surface area (Å²) in [7, 11) is 3.36. The Labute approximate surface area is 133 Å². The van der Waals surface area contributed by atoms with E-state index in [9.17, 15) is 9.18 Å². The number of benzene rings is 1. The van der Waals surface area contributed by atoms with Crippen LogP contribution in [0.15, 0.2) is 22.7 Å². The standard InChI is InChI=1S/C15H17ClFN3O2/c1-8-13(9(2)22-19-8)18-15(21)14(20(3)4)12-10(16)6-5-7-11(12)17/h5-7,14H,1-4H3,(H,18,21). The van der Waals surface area contributed by atoms with Crippen LogP contribution in [-0.4, -0.2) is 30.1 Å². The highest BCUT2D eigenvalue weighted by Crippen LogP contribution is 2.30. The van der Waals surface area contributed by atoms with Gasteiger partial charge in [-0.2, -0.15) is 0 Å². The highest BCUT2D eigenvalue weighted by Gasteiger charge is 2.29. The number of hydrogen-bond acceptors (Lipinski definition) is 4. The third-order valence-electron chi connectivity index (χ3n) is 3.32. The first kappa shape index (κ1) is 16.5. The number of nitrogens with zero attached hydrogens (tertiary/aromatic N) is 2. The van der Waals surface area contributed by atoms with E-state index >= 15 is 0 Å². The molecule has 7 heteroatoms. The first-order valence-corrected chi connectivity index (χ1v) is 7.04. The summed E-state index contributed by atoms with van der Waals surface area (Å²) in [5.41, 5.74) is 1.19. The molecule has 0 spiro atoms. The van der Waals surface area contributed by atoms with Crippen LogP contribution in [0.3, 0.4) is 0 Å². The SMILES string of the molecule is Cc1noc(C)c1NC(=O)C(c1c(F)cccc1Cl)N(C)C. The van der Waals surface area contributed by atoms with E-state index < -0.39 is 17.8 Å². The van der Waals surface area contributed by atoms with Gasteiger partial charge in [-0.3, -0.25) is 9.69 Å². The Morgan fingerprint density at radius 1 is 1.41 bits per heavy atom. The van der Waals surface area contributed by atoms with Gasteiger partial charge in [-0.05, 0) is 40.1 Å². The molecule has 118 valence electrons. The summed E-state index contributed by atoms with van der Waals surface area (Å²) in [5.74, 6) is -0.450. The number of carbonyl (C=O) groups excluding carboxylic acids is 1. The fraction of sp³-hybridized carbons (Fsp3) is 0.333. The van der Waals surface area contributed by atoms with Crippen LogP contribution in [0.4, 0.5) is 10.1 Å². The lowest BCUT2D eigenvalue weighted by atomic mass is 10.0. The van der Waals surface area contributed by atoms with Crippen molar-refractivity contribution in [2.45, 2.75) is 19.9 Å². The van der Waals surface area contributed by atoms with Crippen LogP contribution in [0.5, 0.6) is 0 Å². The Hall–Kier alpha value is -1.92. The summed E-state index contributed by atoms with van der Waals surface area (Å²) < 4.78 is 19.1. The molecule has 0 bridgehead atoms. The van der Waals surface area contributed by atoms with E-state index in [2.05, 4.69) is 10.5 Å². The molecule has 1 unspecified atom stereocenters. The second-order valence-electron chi connectivity index (χ2n) is 5.19. The predicted molar refractivity (Wildman–Crippen MR) is 82.4 cm³/mol. The molecule has 0 saturated carbocycles. The van der Waals surface area contributed by atoms with Crippen molar-refractivity contribution in [1.82, 2.24) is 10.1 Å². The van der Waals surface area contributed by atoms with Gasteiger partial charge in [0.1, 0.15) is 23.2 Å². The molecule has 22 heavy (non-hydrogen) atoms. The van der Waals surface area contributed by atoms with Crippen LogP contribution < -0.4 is 5.32 Å². The fourth-order valence-electron chi connectivity index (χ4n) is 2.25. The van der Waals surface area contributed by atoms with Crippen molar-refractivity contribution >= 4 is 23.2 Å². The van der Waals surface area contributed by atoms with Gasteiger partial charge in [0.15, 0.2) is 5.76 Å². The van der Waals surface area contributed by atoms with Gasteiger partial charge in [0.25, 0.3) is 0 Å². The smallest absolute Gasteiger partial charge is 0.246 e. The van der Waals surface area contributed by atoms with Crippen LogP contribution in [-0.2, 0) is 4.79 Å². The van der Waals surface area contributed by atoms with Crippen molar-refractivity contribution in [3.8, 4) is 0 Å². The molecule has 1 atom stereocenters. The minimum absolute atomic E-state index is 0.137. The third-order valence-corrected chi connectivity index (χ3v) is 3.65. The fourth-order valence-corrected chi connectivity index (χ4v) is 2.52. The number of anilines is 1. The number of rotatable bonds is 4. The van der Waals surface area contributed by atoms with Gasteiger partial charge in [0.05, 0.1) is 0 Å². The average Bonchev–Trinajstić information content (AvgIpc) is 2.74. The van der Waals surface area contributed by atoms with Gasteiger partial charge >= 0.3 is 0 Å². The molecular formula is C15H17ClFN3O2. The van der Waals surface area contributed by atoms with Crippen molar-refractivity contribution < 1.29 is 13.7 Å². The predicted octanol–water partition coefficient (Wildman–Crippen LogP) is 3.33. The highest BCUT2D eigenvalue weighted by atomic mass is 35.5. The molecular weight excluding hydrogens is 309 g/mol. The lowest BCUT2D eigenvalue weighted by Crippen LogP contribution is -2.33. The molecule has 2 aromatic rings. The minimum Gasteiger partial charge on any atom is -0.359 e. The first-order valence-electron chi connectivity index (χ1n) is 6.67. The molecule has 0 saturated heterocycles. The molecule has 2 rings (SSSR count). The van der Waals surface area contributed by atoms with Crippen LogP contribution >= 0.6 is 11.6 Å². The molecule has 5 nitrogen and oxygen atoms in total. The van der Waals surface area contributed by atoms with E-state index in [-0.39, 0.29) is 10.6 Å². The Balaban J connectivity index is 2.39. The van der Waals surface area contributed by atoms with E-state index in [1.54, 1.807) is 38.9 Å². The number of hydrogen-bond donors (Lipinski definition) is 1. The monoisotopic (exact) mass is 325 g/mol. The number of halogens is 2. The molecule has 0 fully saturated rings. The largest absolute Gasteiger partial charge is 0.359 e. The molecule has 0 aliphatic heterocycles. The van der Waals surface area contributed by atoms with Crippen molar-refractivity contribution in [3.63, 3.8) is 0 Å². The molecule has 1 amide bonds. The Kier molecular flexibility index (Phi) is 4.83. The van der Waals surface area contributed by atoms with Crippen molar-refractivity contribution in [2.75, 3.05) is 19.4 Å². The number of carbonyl (C=O) groups is 1. The number of nitrogens with one attached hydrogen (secondary N) is 1. The van der Waals surface area contributed by atoms with Crippen LogP contribution in [0.25, 0.3) is 0 Å². The normalized spacial score (nSPS) is 12.5. The molecule has 0 aliphatic rings. The van der Waals surface area contributed by atoms with E-state index in [1.165, 1.54) is 12.1 Å². The topological polar surface area (TPSA) is 58.4 Å². The second-order valence-corrected chi connectivity index (χ2v) is 5.60. The van der Waals surface area contributed by atoms with E-state index in [4.69, 9.17) is 16.1 Å². The van der Waals surface area contributed by atoms with Crippen LogP contribution in [0.2, 0.25) is 5.02 Å². The number of aryl methyl sites for hydroxylation is 2. The van der Waals surface area contributed by atoms with Gasteiger partial charge in [-0.25, -0.2) is 4.39 Å². The quantitative estimate of drug-likeness (QED) is 0.936. The maximum atomic E-state index is 14.1. The number of likely N-dealkylation sites (N-methyl/N-ethyl adjacent to an activating group) is 1. The zero-order valence-electron chi connectivity index (χ0n) is 12.8. The van der Waals surface area contributed by atoms with Gasteiger partial charge in [-0.15, -0.1) is 0 Å². The molecule has 0 aliphatic carbocycles. The third kappa shape index (κ3) is 3.13. The summed E-state index contributed by atoms with van der Waals surface area (Å²) in [6, 6.07) is 3.46. The minimum atomic E-state index is -0.873. The molecule has 1 aromatic heterocycles. The number of aromatic nitrogens is 1. The zero-order chi connectivity index (χ0) is 16.4. The summed E-state index contributed by atoms with van der Waals surface area (Å²) in [4.78, 5) is 14.2. The van der Waals surface area contributed by atoms with E-state index in [1.807, 2.05) is 0 Å². The average molecular weight is 326 g/mol. The lowest BCUT2D eigenvalue weighted by molar-refractivity contribution is -0.120. The van der Waals surface area contributed by atoms with Crippen molar-refractivity contribution in [2.24, 2.45) is 0 Å². The second kappa shape index (κ2) is 6.46. The molecule has 1 N–H and O–H groups in total. The van der Waals surface area contributed by atoms with Crippen LogP contribution in [0.1, 0.15) is 23.1 Å². The Morgan fingerprint density at radius 3 is 2.59 bits per heavy atom. The summed E-state index contributed by atoms with van der Waals surface area (Å²) in [6.45, 7) is 3.41. The maximum absolute atomic E-state index is 14.1. The Bertz CT molecular complexity index is 660. The van der Waals surface area contributed by atoms with Gasteiger partial charge in [-0.1, -0.05) is 22.8 Å². The lowest BCUT2D eigenvalue weighted by Gasteiger charge is -2.25. The van der Waals surface area contributed by atoms with Gasteiger partial charge in [0, 0.05) is 10.6 Å². The molecule has 1 aromatic carbocycles. The number of amides is 1. The van der Waals surface area contributed by atoms with Gasteiger partial charge in [0.2, 0.25) is 5.91 Å². The Morgan fingerprint density at radius 2 is 2.09 bits per heavy atom. The van der Waals surface area contributed by atoms with Gasteiger partial charge < -0.3 is 9.84 Å². The summed E-state index contributed by atoms with van der Waals surface area (Å²) in [6.07, 6.45) is 0. The maximum Gasteiger partial charge on any atom is 0.246 e. The molecule has 1 heterocycles. The highest BCUT2D eigenvalue weighted by molar-refractivity contribution is 6.31. The van der Waals surface area contributed by atoms with E-state index in [0.717, 1.165) is 0 Å².